The number of carbonyl (C=O) groups excluding carboxylic acids is 1. The van der Waals surface area contributed by atoms with Gasteiger partial charge in [-0.05, 0) is 59.1 Å². The molecule has 156 valence electrons. The number of nitrogens with zero attached hydrogens (tertiary/aromatic N) is 2. The standard InChI is InChI=1S/C21H20BrN3O4S/c1-29-21(26)15-8-9-17(22)19(12-15)30(27,28)24-16-6-4-5-14(11-16)18-13-25-10-3-2-7-20(25)23-18/h4-6,8-9,11-13,24H,2-3,7,10H2,1H3. The quantitative estimate of drug-likeness (QED) is 0.541. The number of nitrogens with one attached hydrogen (secondary N) is 1. The molecule has 1 aromatic heterocycles. The SMILES string of the molecule is COC(=O)c1ccc(Br)c(S(=O)(=O)Nc2cccc(-c3cn4c(n3)CCCC4)c2)c1. The van der Waals surface area contributed by atoms with Gasteiger partial charge in [-0.15, -0.1) is 0 Å². The Labute approximate surface area is 183 Å². The molecule has 0 amide bonds. The van der Waals surface area contributed by atoms with Crippen molar-refractivity contribution in [1.29, 1.82) is 0 Å². The van der Waals surface area contributed by atoms with Gasteiger partial charge in [0.15, 0.2) is 0 Å². The molecule has 2 heterocycles. The predicted octanol–water partition coefficient (Wildman–Crippen LogP) is 4.24. The smallest absolute Gasteiger partial charge is 0.337 e. The van der Waals surface area contributed by atoms with Gasteiger partial charge in [-0.3, -0.25) is 4.72 Å². The first-order valence-corrected chi connectivity index (χ1v) is 11.7. The van der Waals surface area contributed by atoms with Gasteiger partial charge in [-0.25, -0.2) is 18.2 Å². The molecule has 9 heteroatoms. The number of ether oxygens (including phenoxy) is 1. The molecule has 0 fully saturated rings. The number of rotatable bonds is 5. The number of sulfonamides is 1. The summed E-state index contributed by atoms with van der Waals surface area (Å²) in [6.45, 7) is 0.958. The minimum absolute atomic E-state index is 0.0479. The van der Waals surface area contributed by atoms with Gasteiger partial charge < -0.3 is 9.30 Å². The molecule has 0 aliphatic carbocycles. The maximum Gasteiger partial charge on any atom is 0.337 e. The third-order valence-electron chi connectivity index (χ3n) is 4.96. The van der Waals surface area contributed by atoms with Crippen LogP contribution in [0.2, 0.25) is 0 Å². The van der Waals surface area contributed by atoms with E-state index in [2.05, 4.69) is 30.0 Å². The molecule has 0 saturated carbocycles. The van der Waals surface area contributed by atoms with E-state index < -0.39 is 16.0 Å². The first-order valence-electron chi connectivity index (χ1n) is 9.44. The average Bonchev–Trinajstić information content (AvgIpc) is 3.17. The second-order valence-electron chi connectivity index (χ2n) is 7.02. The van der Waals surface area contributed by atoms with Crippen molar-refractivity contribution < 1.29 is 17.9 Å². The van der Waals surface area contributed by atoms with E-state index in [-0.39, 0.29) is 10.5 Å². The van der Waals surface area contributed by atoms with Gasteiger partial charge in [0.1, 0.15) is 10.7 Å². The third-order valence-corrected chi connectivity index (χ3v) is 7.34. The number of carbonyl (C=O) groups is 1. The van der Waals surface area contributed by atoms with Crippen LogP contribution in [0.3, 0.4) is 0 Å². The zero-order chi connectivity index (χ0) is 21.3. The summed E-state index contributed by atoms with van der Waals surface area (Å²) >= 11 is 3.25. The number of methoxy groups -OCH3 is 1. The van der Waals surface area contributed by atoms with E-state index in [4.69, 9.17) is 4.98 Å². The second kappa shape index (κ2) is 8.23. The molecule has 1 N–H and O–H groups in total. The zero-order valence-electron chi connectivity index (χ0n) is 16.3. The van der Waals surface area contributed by atoms with Gasteiger partial charge in [0.05, 0.1) is 18.4 Å². The minimum Gasteiger partial charge on any atom is -0.465 e. The number of benzene rings is 2. The van der Waals surface area contributed by atoms with Gasteiger partial charge in [-0.1, -0.05) is 12.1 Å². The summed E-state index contributed by atoms with van der Waals surface area (Å²) in [6, 6.07) is 11.4. The van der Waals surface area contributed by atoms with Crippen molar-refractivity contribution in [3.05, 3.63) is 64.5 Å². The molecule has 0 radical (unpaired) electrons. The highest BCUT2D eigenvalue weighted by Crippen LogP contribution is 2.28. The van der Waals surface area contributed by atoms with Crippen molar-refractivity contribution in [2.45, 2.75) is 30.7 Å². The van der Waals surface area contributed by atoms with E-state index >= 15 is 0 Å². The van der Waals surface area contributed by atoms with E-state index in [1.165, 1.54) is 25.3 Å². The van der Waals surface area contributed by atoms with Gasteiger partial charge >= 0.3 is 5.97 Å². The van der Waals surface area contributed by atoms with E-state index in [9.17, 15) is 13.2 Å². The molecule has 7 nitrogen and oxygen atoms in total. The molecule has 1 aliphatic rings. The molecular formula is C21H20BrN3O4S. The molecule has 30 heavy (non-hydrogen) atoms. The van der Waals surface area contributed by atoms with Crippen LogP contribution in [0.15, 0.2) is 58.0 Å². The van der Waals surface area contributed by atoms with Crippen LogP contribution in [0.5, 0.6) is 0 Å². The van der Waals surface area contributed by atoms with Crippen molar-refractivity contribution in [2.75, 3.05) is 11.8 Å². The normalized spacial score (nSPS) is 13.5. The molecule has 1 aliphatic heterocycles. The number of aromatic nitrogens is 2. The van der Waals surface area contributed by atoms with Crippen LogP contribution in [-0.4, -0.2) is 31.0 Å². The Bertz CT molecular complexity index is 1200. The molecule has 0 unspecified atom stereocenters. The topological polar surface area (TPSA) is 90.3 Å². The first-order chi connectivity index (χ1) is 14.4. The lowest BCUT2D eigenvalue weighted by molar-refractivity contribution is 0.0600. The highest BCUT2D eigenvalue weighted by molar-refractivity contribution is 9.10. The maximum atomic E-state index is 13.0. The molecule has 0 atom stereocenters. The number of halogens is 1. The minimum atomic E-state index is -3.94. The fourth-order valence-electron chi connectivity index (χ4n) is 3.46. The largest absolute Gasteiger partial charge is 0.465 e. The van der Waals surface area contributed by atoms with Crippen LogP contribution >= 0.6 is 15.9 Å². The first kappa shape index (κ1) is 20.6. The zero-order valence-corrected chi connectivity index (χ0v) is 18.7. The van der Waals surface area contributed by atoms with Gasteiger partial charge in [0, 0.05) is 34.9 Å². The van der Waals surface area contributed by atoms with Crippen LogP contribution in [0.25, 0.3) is 11.3 Å². The highest BCUT2D eigenvalue weighted by Gasteiger charge is 2.21. The third kappa shape index (κ3) is 4.13. The molecule has 3 aromatic rings. The molecule has 0 saturated heterocycles. The van der Waals surface area contributed by atoms with Gasteiger partial charge in [-0.2, -0.15) is 0 Å². The summed E-state index contributed by atoms with van der Waals surface area (Å²) in [5, 5.41) is 0. The summed E-state index contributed by atoms with van der Waals surface area (Å²) in [5.41, 5.74) is 2.22. The van der Waals surface area contributed by atoms with Crippen molar-refractivity contribution in [3.63, 3.8) is 0 Å². The molecular weight excluding hydrogens is 470 g/mol. The summed E-state index contributed by atoms with van der Waals surface area (Å²) in [7, 11) is -2.69. The van der Waals surface area contributed by atoms with Crippen LogP contribution < -0.4 is 4.72 Å². The summed E-state index contributed by atoms with van der Waals surface area (Å²) in [6.07, 6.45) is 5.24. The Kier molecular flexibility index (Phi) is 5.66. The van der Waals surface area contributed by atoms with Crippen LogP contribution in [0, 0.1) is 0 Å². The predicted molar refractivity (Wildman–Crippen MR) is 117 cm³/mol. The lowest BCUT2D eigenvalue weighted by atomic mass is 10.1. The number of esters is 1. The van der Waals surface area contributed by atoms with Gasteiger partial charge in [0.2, 0.25) is 0 Å². The maximum absolute atomic E-state index is 13.0. The number of fused-ring (bicyclic) bond motifs is 1. The Morgan fingerprint density at radius 3 is 2.80 bits per heavy atom. The van der Waals surface area contributed by atoms with Crippen LogP contribution in [0.1, 0.15) is 29.0 Å². The fraction of sp³-hybridized carbons (Fsp3) is 0.238. The number of aryl methyl sites for hydroxylation is 2. The monoisotopic (exact) mass is 489 g/mol. The van der Waals surface area contributed by atoms with Crippen molar-refractivity contribution in [2.24, 2.45) is 0 Å². The number of imidazole rings is 1. The Morgan fingerprint density at radius 2 is 2.03 bits per heavy atom. The van der Waals surface area contributed by atoms with E-state index in [0.29, 0.717) is 10.2 Å². The van der Waals surface area contributed by atoms with Crippen LogP contribution in [0.4, 0.5) is 5.69 Å². The van der Waals surface area contributed by atoms with E-state index in [1.54, 1.807) is 18.2 Å². The van der Waals surface area contributed by atoms with E-state index in [1.807, 2.05) is 12.3 Å². The number of anilines is 1. The summed E-state index contributed by atoms with van der Waals surface area (Å²) in [5.74, 6) is 0.454. The van der Waals surface area contributed by atoms with Crippen molar-refractivity contribution in [3.8, 4) is 11.3 Å². The lowest BCUT2D eigenvalue weighted by Crippen LogP contribution is -2.15. The molecule has 4 rings (SSSR count). The van der Waals surface area contributed by atoms with Crippen molar-refractivity contribution in [1.82, 2.24) is 9.55 Å². The summed E-state index contributed by atoms with van der Waals surface area (Å²) < 4.78 is 35.7. The van der Waals surface area contributed by atoms with Gasteiger partial charge in [0.25, 0.3) is 10.0 Å². The Balaban J connectivity index is 1.64. The van der Waals surface area contributed by atoms with Crippen LogP contribution in [-0.2, 0) is 27.7 Å². The summed E-state index contributed by atoms with van der Waals surface area (Å²) in [4.78, 5) is 16.4. The second-order valence-corrected chi connectivity index (χ2v) is 9.52. The highest BCUT2D eigenvalue weighted by atomic mass is 79.9. The molecule has 0 bridgehead atoms. The van der Waals surface area contributed by atoms with Crippen molar-refractivity contribution >= 4 is 37.6 Å². The fourth-order valence-corrected chi connectivity index (χ4v) is 5.50. The number of hydrogen-bond acceptors (Lipinski definition) is 5. The Hall–Kier alpha value is -2.65. The lowest BCUT2D eigenvalue weighted by Gasteiger charge is -2.11. The average molecular weight is 490 g/mol. The molecule has 2 aromatic carbocycles. The Morgan fingerprint density at radius 1 is 1.20 bits per heavy atom. The number of hydrogen-bond donors (Lipinski definition) is 1. The van der Waals surface area contributed by atoms with E-state index in [0.717, 1.165) is 42.9 Å². The molecule has 0 spiro atoms.